The van der Waals surface area contributed by atoms with Gasteiger partial charge in [0.2, 0.25) is 5.91 Å². The molecule has 1 amide bonds. The van der Waals surface area contributed by atoms with Gasteiger partial charge in [0, 0.05) is 23.1 Å². The highest BCUT2D eigenvalue weighted by Gasteiger charge is 2.35. The third-order valence-electron chi connectivity index (χ3n) is 2.80. The first-order valence-electron chi connectivity index (χ1n) is 5.25. The van der Waals surface area contributed by atoms with Gasteiger partial charge in [-0.3, -0.25) is 9.59 Å². The number of halogens is 1. The van der Waals surface area contributed by atoms with Gasteiger partial charge < -0.3 is 10.0 Å². The third-order valence-corrected chi connectivity index (χ3v) is 3.26. The number of benzene rings is 1. The predicted molar refractivity (Wildman–Crippen MR) is 67.0 cm³/mol. The summed E-state index contributed by atoms with van der Waals surface area (Å²) in [5, 5.41) is 17.8. The Bertz CT molecular complexity index is 565. The first-order chi connectivity index (χ1) is 8.51. The molecule has 1 aliphatic heterocycles. The molecular weight excluding hydrogens is 300 g/mol. The van der Waals surface area contributed by atoms with E-state index in [4.69, 9.17) is 10.4 Å². The van der Waals surface area contributed by atoms with Crippen molar-refractivity contribution in [3.05, 3.63) is 28.2 Å². The van der Waals surface area contributed by atoms with Crippen LogP contribution >= 0.6 is 15.9 Å². The smallest absolute Gasteiger partial charge is 0.308 e. The van der Waals surface area contributed by atoms with Crippen molar-refractivity contribution in [1.82, 2.24) is 0 Å². The number of hydrogen-bond acceptors (Lipinski definition) is 3. The summed E-state index contributed by atoms with van der Waals surface area (Å²) in [6.45, 7) is 0.148. The molecule has 2 rings (SSSR count). The van der Waals surface area contributed by atoms with Crippen LogP contribution in [-0.4, -0.2) is 23.5 Å². The third kappa shape index (κ3) is 2.36. The molecule has 0 aliphatic carbocycles. The van der Waals surface area contributed by atoms with E-state index in [-0.39, 0.29) is 18.9 Å². The number of rotatable bonds is 2. The Morgan fingerprint density at radius 1 is 1.50 bits per heavy atom. The van der Waals surface area contributed by atoms with Crippen LogP contribution in [-0.2, 0) is 9.59 Å². The van der Waals surface area contributed by atoms with Crippen molar-refractivity contribution in [3.63, 3.8) is 0 Å². The van der Waals surface area contributed by atoms with E-state index in [1.165, 1.54) is 4.90 Å². The molecule has 5 nitrogen and oxygen atoms in total. The van der Waals surface area contributed by atoms with Gasteiger partial charge in [0.25, 0.3) is 0 Å². The molecule has 1 aromatic rings. The second-order valence-corrected chi connectivity index (χ2v) is 4.97. The van der Waals surface area contributed by atoms with Gasteiger partial charge in [-0.1, -0.05) is 15.9 Å². The van der Waals surface area contributed by atoms with Crippen LogP contribution in [0.4, 0.5) is 5.69 Å². The highest BCUT2D eigenvalue weighted by atomic mass is 79.9. The molecule has 1 saturated heterocycles. The quantitative estimate of drug-likeness (QED) is 0.902. The van der Waals surface area contributed by atoms with E-state index in [1.807, 2.05) is 6.07 Å². The summed E-state index contributed by atoms with van der Waals surface area (Å²) < 4.78 is 0.683. The summed E-state index contributed by atoms with van der Waals surface area (Å²) in [7, 11) is 0. The van der Waals surface area contributed by atoms with Crippen molar-refractivity contribution >= 4 is 33.5 Å². The van der Waals surface area contributed by atoms with Crippen molar-refractivity contribution in [2.24, 2.45) is 5.92 Å². The Labute approximate surface area is 112 Å². The first-order valence-corrected chi connectivity index (χ1v) is 6.04. The van der Waals surface area contributed by atoms with Gasteiger partial charge in [0.1, 0.15) is 0 Å². The Balaban J connectivity index is 2.33. The number of carboxylic acid groups (broad SMARTS) is 1. The van der Waals surface area contributed by atoms with Crippen molar-refractivity contribution in [2.45, 2.75) is 6.42 Å². The largest absolute Gasteiger partial charge is 0.481 e. The average Bonchev–Trinajstić information content (AvgIpc) is 2.70. The summed E-state index contributed by atoms with van der Waals surface area (Å²) in [4.78, 5) is 24.0. The number of anilines is 1. The van der Waals surface area contributed by atoms with E-state index in [0.29, 0.717) is 15.7 Å². The Kier molecular flexibility index (Phi) is 3.34. The van der Waals surface area contributed by atoms with Crippen LogP contribution in [0.1, 0.15) is 12.0 Å². The van der Waals surface area contributed by atoms with Crippen LogP contribution in [0.5, 0.6) is 0 Å². The summed E-state index contributed by atoms with van der Waals surface area (Å²) in [5.74, 6) is -1.88. The van der Waals surface area contributed by atoms with E-state index in [0.717, 1.165) is 0 Å². The van der Waals surface area contributed by atoms with E-state index < -0.39 is 11.9 Å². The maximum atomic E-state index is 11.8. The number of nitriles is 1. The second kappa shape index (κ2) is 4.78. The maximum absolute atomic E-state index is 11.8. The fraction of sp³-hybridized carbons (Fsp3) is 0.250. The number of carbonyl (C=O) groups excluding carboxylic acids is 1. The SMILES string of the molecule is N#Cc1cc(Br)cc(N2CC(C(=O)O)CC2=O)c1. The van der Waals surface area contributed by atoms with Crippen LogP contribution in [0.3, 0.4) is 0 Å². The van der Waals surface area contributed by atoms with Gasteiger partial charge in [0.15, 0.2) is 0 Å². The Morgan fingerprint density at radius 2 is 2.22 bits per heavy atom. The fourth-order valence-corrected chi connectivity index (χ4v) is 2.40. The molecule has 0 spiro atoms. The zero-order chi connectivity index (χ0) is 13.3. The highest BCUT2D eigenvalue weighted by Crippen LogP contribution is 2.28. The summed E-state index contributed by atoms with van der Waals surface area (Å²) in [6, 6.07) is 6.91. The van der Waals surface area contributed by atoms with Gasteiger partial charge in [-0.15, -0.1) is 0 Å². The summed E-state index contributed by atoms with van der Waals surface area (Å²) in [5.41, 5.74) is 0.973. The lowest BCUT2D eigenvalue weighted by Gasteiger charge is -2.16. The summed E-state index contributed by atoms with van der Waals surface area (Å²) in [6.07, 6.45) is 0.00370. The minimum absolute atomic E-state index is 0.00370. The molecule has 1 heterocycles. The number of nitrogens with zero attached hydrogens (tertiary/aromatic N) is 2. The van der Waals surface area contributed by atoms with Crippen molar-refractivity contribution in [3.8, 4) is 6.07 Å². The lowest BCUT2D eigenvalue weighted by Crippen LogP contribution is -2.25. The van der Waals surface area contributed by atoms with E-state index in [1.54, 1.807) is 18.2 Å². The number of carbonyl (C=O) groups is 2. The Morgan fingerprint density at radius 3 is 2.78 bits per heavy atom. The van der Waals surface area contributed by atoms with Crippen LogP contribution < -0.4 is 4.90 Å². The molecule has 0 radical (unpaired) electrons. The van der Waals surface area contributed by atoms with Crippen molar-refractivity contribution in [1.29, 1.82) is 5.26 Å². The van der Waals surface area contributed by atoms with Crippen LogP contribution in [0.15, 0.2) is 22.7 Å². The van der Waals surface area contributed by atoms with Gasteiger partial charge in [-0.25, -0.2) is 0 Å². The van der Waals surface area contributed by atoms with Gasteiger partial charge in [-0.2, -0.15) is 5.26 Å². The normalized spacial score (nSPS) is 18.8. The van der Waals surface area contributed by atoms with Crippen molar-refractivity contribution < 1.29 is 14.7 Å². The van der Waals surface area contributed by atoms with Gasteiger partial charge in [-0.05, 0) is 18.2 Å². The molecule has 1 unspecified atom stereocenters. The maximum Gasteiger partial charge on any atom is 0.308 e. The van der Waals surface area contributed by atoms with Gasteiger partial charge in [0.05, 0.1) is 17.6 Å². The van der Waals surface area contributed by atoms with E-state index >= 15 is 0 Å². The minimum atomic E-state index is -0.971. The minimum Gasteiger partial charge on any atom is -0.481 e. The lowest BCUT2D eigenvalue weighted by molar-refractivity contribution is -0.141. The zero-order valence-electron chi connectivity index (χ0n) is 9.26. The molecule has 1 aromatic carbocycles. The fourth-order valence-electron chi connectivity index (χ4n) is 1.92. The second-order valence-electron chi connectivity index (χ2n) is 4.05. The molecule has 0 bridgehead atoms. The molecule has 18 heavy (non-hydrogen) atoms. The van der Waals surface area contributed by atoms with Gasteiger partial charge >= 0.3 is 5.97 Å². The first kappa shape index (κ1) is 12.6. The molecule has 1 aliphatic rings. The van der Waals surface area contributed by atoms with Crippen molar-refractivity contribution in [2.75, 3.05) is 11.4 Å². The standard InChI is InChI=1S/C12H9BrN2O3/c13-9-1-7(5-14)2-10(4-9)15-6-8(12(17)18)3-11(15)16/h1-2,4,8H,3,6H2,(H,17,18). The molecule has 6 heteroatoms. The number of hydrogen-bond donors (Lipinski definition) is 1. The molecule has 0 aromatic heterocycles. The number of carboxylic acids is 1. The molecule has 1 fully saturated rings. The van der Waals surface area contributed by atoms with Crippen LogP contribution in [0, 0.1) is 17.2 Å². The monoisotopic (exact) mass is 308 g/mol. The molecule has 1 N–H and O–H groups in total. The molecule has 1 atom stereocenters. The van der Waals surface area contributed by atoms with E-state index in [2.05, 4.69) is 15.9 Å². The lowest BCUT2D eigenvalue weighted by atomic mass is 10.1. The topological polar surface area (TPSA) is 81.4 Å². The van der Waals surface area contributed by atoms with Crippen LogP contribution in [0.25, 0.3) is 0 Å². The molecule has 0 saturated carbocycles. The number of amides is 1. The number of aliphatic carboxylic acids is 1. The van der Waals surface area contributed by atoms with E-state index in [9.17, 15) is 9.59 Å². The Hall–Kier alpha value is -1.87. The average molecular weight is 309 g/mol. The highest BCUT2D eigenvalue weighted by molar-refractivity contribution is 9.10. The molecular formula is C12H9BrN2O3. The zero-order valence-corrected chi connectivity index (χ0v) is 10.8. The molecule has 92 valence electrons. The summed E-state index contributed by atoms with van der Waals surface area (Å²) >= 11 is 3.26. The predicted octanol–water partition coefficient (Wildman–Crippen LogP) is 1.76. The van der Waals surface area contributed by atoms with Crippen LogP contribution in [0.2, 0.25) is 0 Å².